The predicted octanol–water partition coefficient (Wildman–Crippen LogP) is 1.67. The summed E-state index contributed by atoms with van der Waals surface area (Å²) in [6.45, 7) is 1.66. The first-order valence-electron chi connectivity index (χ1n) is 9.18. The number of rotatable bonds is 7. The first-order chi connectivity index (χ1) is 14.4. The van der Waals surface area contributed by atoms with Crippen LogP contribution in [0.15, 0.2) is 53.8 Å². The number of carbonyl (C=O) groups is 2. The molecule has 30 heavy (non-hydrogen) atoms. The van der Waals surface area contributed by atoms with Crippen molar-refractivity contribution >= 4 is 17.4 Å². The van der Waals surface area contributed by atoms with Crippen LogP contribution in [0.5, 0.6) is 0 Å². The van der Waals surface area contributed by atoms with Crippen LogP contribution in [-0.2, 0) is 11.2 Å². The molecular weight excluding hydrogens is 389 g/mol. The smallest absolute Gasteiger partial charge is 0.274 e. The normalized spacial score (nSPS) is 11.7. The van der Waals surface area contributed by atoms with Gasteiger partial charge in [0.2, 0.25) is 5.91 Å². The molecule has 0 aliphatic rings. The monoisotopic (exact) mass is 409 g/mol. The molecule has 2 aromatic heterocycles. The van der Waals surface area contributed by atoms with Gasteiger partial charge in [-0.2, -0.15) is 0 Å². The van der Waals surface area contributed by atoms with E-state index in [1.165, 1.54) is 36.8 Å². The van der Waals surface area contributed by atoms with Crippen molar-refractivity contribution in [3.8, 4) is 0 Å². The molecular formula is C21H20FN5O3. The number of likely N-dealkylation sites (N-methyl/N-ethyl adjacent to an activating group) is 1. The van der Waals surface area contributed by atoms with Crippen molar-refractivity contribution in [2.75, 3.05) is 12.4 Å². The summed E-state index contributed by atoms with van der Waals surface area (Å²) in [5, 5.41) is 5.38. The zero-order valence-corrected chi connectivity index (χ0v) is 16.4. The molecule has 0 saturated heterocycles. The highest BCUT2D eigenvalue weighted by Crippen LogP contribution is 2.16. The predicted molar refractivity (Wildman–Crippen MR) is 109 cm³/mol. The molecule has 1 atom stereocenters. The minimum Gasteiger partial charge on any atom is -0.319 e. The van der Waals surface area contributed by atoms with Crippen molar-refractivity contribution in [2.24, 2.45) is 0 Å². The van der Waals surface area contributed by atoms with Crippen LogP contribution in [0.2, 0.25) is 0 Å². The van der Waals surface area contributed by atoms with Crippen molar-refractivity contribution in [3.05, 3.63) is 87.6 Å². The number of aromatic nitrogens is 3. The molecule has 0 radical (unpaired) electrons. The number of halogens is 1. The van der Waals surface area contributed by atoms with Gasteiger partial charge in [-0.05, 0) is 49.9 Å². The molecule has 3 aromatic rings. The lowest BCUT2D eigenvalue weighted by atomic mass is 10.0. The van der Waals surface area contributed by atoms with Crippen LogP contribution in [-0.4, -0.2) is 39.7 Å². The summed E-state index contributed by atoms with van der Waals surface area (Å²) >= 11 is 0. The topological polar surface area (TPSA) is 117 Å². The highest BCUT2D eigenvalue weighted by Gasteiger charge is 2.17. The van der Waals surface area contributed by atoms with Gasteiger partial charge in [-0.25, -0.2) is 9.37 Å². The summed E-state index contributed by atoms with van der Waals surface area (Å²) in [7, 11) is 1.63. The third kappa shape index (κ3) is 4.81. The molecule has 0 unspecified atom stereocenters. The zero-order chi connectivity index (χ0) is 21.7. The fraction of sp³-hybridized carbons (Fsp3) is 0.190. The van der Waals surface area contributed by atoms with E-state index >= 15 is 0 Å². The second kappa shape index (κ2) is 9.19. The average molecular weight is 409 g/mol. The Hall–Kier alpha value is -3.72. The van der Waals surface area contributed by atoms with Crippen LogP contribution in [0.25, 0.3) is 0 Å². The molecule has 154 valence electrons. The molecule has 3 N–H and O–H groups in total. The minimum atomic E-state index is -0.504. The van der Waals surface area contributed by atoms with Gasteiger partial charge in [0.15, 0.2) is 5.78 Å². The van der Waals surface area contributed by atoms with Gasteiger partial charge in [0.25, 0.3) is 5.56 Å². The maximum absolute atomic E-state index is 13.1. The van der Waals surface area contributed by atoms with Crippen molar-refractivity contribution in [3.63, 3.8) is 0 Å². The summed E-state index contributed by atoms with van der Waals surface area (Å²) in [6.07, 6.45) is 4.38. The largest absolute Gasteiger partial charge is 0.319 e. The van der Waals surface area contributed by atoms with Crippen molar-refractivity contribution < 1.29 is 14.0 Å². The Morgan fingerprint density at radius 3 is 2.60 bits per heavy atom. The van der Waals surface area contributed by atoms with E-state index in [1.807, 2.05) is 0 Å². The molecule has 1 aromatic carbocycles. The first-order valence-corrected chi connectivity index (χ1v) is 9.18. The van der Waals surface area contributed by atoms with Gasteiger partial charge in [-0.1, -0.05) is 0 Å². The number of nitrogens with one attached hydrogen (secondary N) is 3. The van der Waals surface area contributed by atoms with Gasteiger partial charge < -0.3 is 15.6 Å². The molecule has 0 aliphatic heterocycles. The number of amides is 1. The lowest BCUT2D eigenvalue weighted by molar-refractivity contribution is -0.117. The van der Waals surface area contributed by atoms with Crippen molar-refractivity contribution in [2.45, 2.75) is 19.4 Å². The standard InChI is InChI=1S/C21H20FN5O3/c1-12(23-2)20(29)27-18-17(25-11-26-21(18)30)8-13-7-15(10-24-9-13)19(28)14-3-5-16(22)6-4-14/h3-7,9-12,23H,8H2,1-2H3,(H,27,29)(H,25,26,30)/t12-/m0/s1. The van der Waals surface area contributed by atoms with Crippen molar-refractivity contribution in [1.29, 1.82) is 0 Å². The maximum Gasteiger partial charge on any atom is 0.274 e. The number of hydrogen-bond acceptors (Lipinski definition) is 6. The van der Waals surface area contributed by atoms with Crippen LogP contribution in [0.1, 0.15) is 34.1 Å². The van der Waals surface area contributed by atoms with Crippen molar-refractivity contribution in [1.82, 2.24) is 20.3 Å². The van der Waals surface area contributed by atoms with E-state index in [1.54, 1.807) is 26.2 Å². The first kappa shape index (κ1) is 21.0. The van der Waals surface area contributed by atoms with Gasteiger partial charge in [-0.3, -0.25) is 19.4 Å². The SMILES string of the molecule is CN[C@@H](C)C(=O)Nc1c(Cc2cncc(C(=O)c3ccc(F)cc3)c2)nc[nH]c1=O. The number of H-pyrrole nitrogens is 1. The molecule has 0 spiro atoms. The van der Waals surface area contributed by atoms with Gasteiger partial charge in [0, 0.05) is 29.9 Å². The fourth-order valence-electron chi connectivity index (χ4n) is 2.73. The number of benzene rings is 1. The molecule has 9 heteroatoms. The molecule has 0 aliphatic carbocycles. The number of anilines is 1. The fourth-order valence-corrected chi connectivity index (χ4v) is 2.73. The molecule has 2 heterocycles. The van der Waals surface area contributed by atoms with Crippen LogP contribution < -0.4 is 16.2 Å². The average Bonchev–Trinajstić information content (AvgIpc) is 2.75. The van der Waals surface area contributed by atoms with Gasteiger partial charge in [-0.15, -0.1) is 0 Å². The van der Waals surface area contributed by atoms with E-state index in [0.717, 1.165) is 0 Å². The second-order valence-corrected chi connectivity index (χ2v) is 6.65. The summed E-state index contributed by atoms with van der Waals surface area (Å²) in [6, 6.07) is 6.36. The lowest BCUT2D eigenvalue weighted by Crippen LogP contribution is -2.37. The summed E-state index contributed by atoms with van der Waals surface area (Å²) in [5.41, 5.74) is 1.17. The van der Waals surface area contributed by atoms with Gasteiger partial charge >= 0.3 is 0 Å². The van der Waals surface area contributed by atoms with E-state index in [0.29, 0.717) is 22.4 Å². The second-order valence-electron chi connectivity index (χ2n) is 6.65. The van der Waals surface area contributed by atoms with E-state index in [9.17, 15) is 18.8 Å². The lowest BCUT2D eigenvalue weighted by Gasteiger charge is -2.13. The molecule has 0 saturated carbocycles. The number of pyridine rings is 1. The maximum atomic E-state index is 13.1. The van der Waals surface area contributed by atoms with Gasteiger partial charge in [0.05, 0.1) is 18.1 Å². The Kier molecular flexibility index (Phi) is 6.43. The third-order valence-corrected chi connectivity index (χ3v) is 4.54. The Morgan fingerprint density at radius 2 is 1.90 bits per heavy atom. The molecule has 1 amide bonds. The Labute approximate surface area is 171 Å². The van der Waals surface area contributed by atoms with Crippen LogP contribution >= 0.6 is 0 Å². The number of carbonyl (C=O) groups excluding carboxylic acids is 2. The summed E-state index contributed by atoms with van der Waals surface area (Å²) in [4.78, 5) is 47.8. The summed E-state index contributed by atoms with van der Waals surface area (Å²) < 4.78 is 13.1. The molecule has 0 bridgehead atoms. The zero-order valence-electron chi connectivity index (χ0n) is 16.4. The third-order valence-electron chi connectivity index (χ3n) is 4.54. The Balaban J connectivity index is 1.87. The van der Waals surface area contributed by atoms with Crippen LogP contribution in [0.4, 0.5) is 10.1 Å². The Morgan fingerprint density at radius 1 is 1.17 bits per heavy atom. The van der Waals surface area contributed by atoms with Crippen LogP contribution in [0.3, 0.4) is 0 Å². The quantitative estimate of drug-likeness (QED) is 0.511. The number of hydrogen-bond donors (Lipinski definition) is 3. The van der Waals surface area contributed by atoms with Crippen LogP contribution in [0, 0.1) is 5.82 Å². The number of ketones is 1. The van der Waals surface area contributed by atoms with Gasteiger partial charge in [0.1, 0.15) is 11.5 Å². The number of nitrogens with zero attached hydrogens (tertiary/aromatic N) is 2. The molecule has 8 nitrogen and oxygen atoms in total. The van der Waals surface area contributed by atoms with E-state index in [4.69, 9.17) is 0 Å². The Bertz CT molecular complexity index is 1130. The van der Waals surface area contributed by atoms with E-state index in [-0.39, 0.29) is 23.8 Å². The van der Waals surface area contributed by atoms with E-state index in [2.05, 4.69) is 25.6 Å². The minimum absolute atomic E-state index is 0.0415. The molecule has 0 fully saturated rings. The number of aromatic amines is 1. The highest BCUT2D eigenvalue weighted by atomic mass is 19.1. The highest BCUT2D eigenvalue weighted by molar-refractivity contribution is 6.08. The van der Waals surface area contributed by atoms with E-state index < -0.39 is 17.4 Å². The molecule has 3 rings (SSSR count). The summed E-state index contributed by atoms with van der Waals surface area (Å²) in [5.74, 6) is -1.11.